The van der Waals surface area contributed by atoms with E-state index in [0.717, 1.165) is 0 Å². The van der Waals surface area contributed by atoms with Crippen LogP contribution in [0.15, 0.2) is 0 Å². The van der Waals surface area contributed by atoms with Crippen LogP contribution in [0, 0.1) is 0 Å². The molecule has 0 saturated carbocycles. The minimum Gasteiger partial charge on any atom is -0.384 e. The van der Waals surface area contributed by atoms with Crippen molar-refractivity contribution in [1.82, 2.24) is 0 Å². The topological polar surface area (TPSA) is 29.3 Å². The molecule has 0 aromatic carbocycles. The summed E-state index contributed by atoms with van der Waals surface area (Å²) in [6.07, 6.45) is 0.413. The third-order valence-electron chi connectivity index (χ3n) is 0.946. The fourth-order valence-electron chi connectivity index (χ4n) is 0.380. The maximum absolute atomic E-state index is 10.7. The number of hydrogen-bond acceptors (Lipinski definition) is 2. The van der Waals surface area contributed by atoms with Crippen molar-refractivity contribution in [2.24, 2.45) is 0 Å². The molecule has 3 nitrogen and oxygen atoms in total. The summed E-state index contributed by atoms with van der Waals surface area (Å²) in [5, 5.41) is 0. The summed E-state index contributed by atoms with van der Waals surface area (Å²) in [6.45, 7) is 3.89. The van der Waals surface area contributed by atoms with Gasteiger partial charge >= 0.3 is 5.91 Å². The van der Waals surface area contributed by atoms with E-state index in [9.17, 15) is 4.79 Å². The van der Waals surface area contributed by atoms with Crippen LogP contribution in [0.1, 0.15) is 6.42 Å². The molecule has 0 atom stereocenters. The van der Waals surface area contributed by atoms with Crippen LogP contribution in [0.4, 0.5) is 0 Å². The van der Waals surface area contributed by atoms with Crippen LogP contribution in [0.5, 0.6) is 0 Å². The van der Waals surface area contributed by atoms with Gasteiger partial charge in [-0.2, -0.15) is 4.58 Å². The van der Waals surface area contributed by atoms with Gasteiger partial charge in [-0.1, -0.05) is 0 Å². The molecule has 9 heavy (non-hydrogen) atoms. The first-order valence-corrected chi connectivity index (χ1v) is 2.74. The summed E-state index contributed by atoms with van der Waals surface area (Å²) in [4.78, 5) is 10.7. The third kappa shape index (κ3) is 3.85. The molecule has 0 unspecified atom stereocenters. The van der Waals surface area contributed by atoms with E-state index in [1.165, 1.54) is 4.58 Å². The van der Waals surface area contributed by atoms with Crippen molar-refractivity contribution in [3.8, 4) is 0 Å². The Morgan fingerprint density at radius 3 is 2.67 bits per heavy atom. The van der Waals surface area contributed by atoms with Crippen molar-refractivity contribution in [1.29, 1.82) is 0 Å². The van der Waals surface area contributed by atoms with E-state index in [4.69, 9.17) is 0 Å². The van der Waals surface area contributed by atoms with Crippen molar-refractivity contribution in [3.63, 3.8) is 0 Å². The minimum atomic E-state index is -0.00292. The molecule has 0 N–H and O–H groups in total. The normalized spacial score (nSPS) is 9.11. The van der Waals surface area contributed by atoms with Crippen molar-refractivity contribution in [2.75, 3.05) is 20.8 Å². The van der Waals surface area contributed by atoms with Gasteiger partial charge in [0.15, 0.2) is 0 Å². The van der Waals surface area contributed by atoms with Crippen LogP contribution in [-0.4, -0.2) is 38.0 Å². The predicted molar refractivity (Wildman–Crippen MR) is 34.8 cm³/mol. The lowest BCUT2D eigenvalue weighted by Crippen LogP contribution is -2.15. The lowest BCUT2D eigenvalue weighted by molar-refractivity contribution is -0.410. The van der Waals surface area contributed by atoms with Crippen LogP contribution >= 0.6 is 0 Å². The average Bonchev–Trinajstić information content (AvgIpc) is 1.82. The zero-order chi connectivity index (χ0) is 7.28. The van der Waals surface area contributed by atoms with Crippen LogP contribution < -0.4 is 0 Å². The number of carbonyl (C=O) groups is 1. The van der Waals surface area contributed by atoms with E-state index in [0.29, 0.717) is 13.0 Å². The van der Waals surface area contributed by atoms with E-state index in [-0.39, 0.29) is 5.91 Å². The van der Waals surface area contributed by atoms with Crippen LogP contribution in [0.2, 0.25) is 0 Å². The van der Waals surface area contributed by atoms with E-state index in [1.807, 2.05) is 0 Å². The maximum Gasteiger partial charge on any atom is 0.388 e. The SMILES string of the molecule is C=[N+](C)C(=O)CCOC. The predicted octanol–water partition coefficient (Wildman–Crippen LogP) is -0.108. The van der Waals surface area contributed by atoms with E-state index in [2.05, 4.69) is 11.5 Å². The summed E-state index contributed by atoms with van der Waals surface area (Å²) in [6, 6.07) is 0. The Kier molecular flexibility index (Phi) is 3.88. The molecule has 0 aliphatic rings. The molecule has 0 saturated heterocycles. The Balaban J connectivity index is 3.39. The highest BCUT2D eigenvalue weighted by Crippen LogP contribution is 1.81. The summed E-state index contributed by atoms with van der Waals surface area (Å²) < 4.78 is 5.99. The van der Waals surface area contributed by atoms with Gasteiger partial charge in [0.25, 0.3) is 0 Å². The van der Waals surface area contributed by atoms with Crippen LogP contribution in [0.25, 0.3) is 0 Å². The molecule has 0 bridgehead atoms. The number of carbonyl (C=O) groups excluding carboxylic acids is 1. The first-order chi connectivity index (χ1) is 4.18. The Morgan fingerprint density at radius 2 is 2.33 bits per heavy atom. The number of rotatable bonds is 3. The fourth-order valence-corrected chi connectivity index (χ4v) is 0.380. The molecule has 0 spiro atoms. The second kappa shape index (κ2) is 4.21. The summed E-state index contributed by atoms with van der Waals surface area (Å²) in [5.74, 6) is -0.00292. The Labute approximate surface area is 54.9 Å². The number of ether oxygens (including phenoxy) is 1. The first kappa shape index (κ1) is 8.30. The largest absolute Gasteiger partial charge is 0.388 e. The Morgan fingerprint density at radius 1 is 1.78 bits per heavy atom. The minimum absolute atomic E-state index is 0.00292. The molecule has 1 amide bonds. The molecule has 52 valence electrons. The van der Waals surface area contributed by atoms with Gasteiger partial charge in [0.2, 0.25) is 0 Å². The summed E-state index contributed by atoms with van der Waals surface area (Å²) in [5.41, 5.74) is 0. The van der Waals surface area contributed by atoms with Gasteiger partial charge in [-0.25, -0.2) is 4.79 Å². The standard InChI is InChI=1S/C6H12NO2/c1-7(2)6(8)4-5-9-3/h1,4-5H2,2-3H3/q+1. The van der Waals surface area contributed by atoms with Crippen molar-refractivity contribution >= 4 is 12.6 Å². The monoisotopic (exact) mass is 130 g/mol. The highest BCUT2D eigenvalue weighted by Gasteiger charge is 2.07. The molecular formula is C6H12NO2+. The van der Waals surface area contributed by atoms with Gasteiger partial charge in [0.05, 0.1) is 13.0 Å². The quantitative estimate of drug-likeness (QED) is 0.394. The number of hydrogen-bond donors (Lipinski definition) is 0. The molecule has 3 heteroatoms. The number of nitrogens with zero attached hydrogens (tertiary/aromatic N) is 1. The highest BCUT2D eigenvalue weighted by molar-refractivity contribution is 5.68. The molecule has 0 aliphatic heterocycles. The molecule has 0 aromatic heterocycles. The molecule has 0 aliphatic carbocycles. The van der Waals surface area contributed by atoms with Crippen molar-refractivity contribution in [2.45, 2.75) is 6.42 Å². The highest BCUT2D eigenvalue weighted by atomic mass is 16.5. The van der Waals surface area contributed by atoms with Gasteiger partial charge in [0.1, 0.15) is 13.8 Å². The smallest absolute Gasteiger partial charge is 0.384 e. The van der Waals surface area contributed by atoms with Crippen LogP contribution in [0.3, 0.4) is 0 Å². The van der Waals surface area contributed by atoms with E-state index < -0.39 is 0 Å². The van der Waals surface area contributed by atoms with Gasteiger partial charge < -0.3 is 4.74 Å². The van der Waals surface area contributed by atoms with E-state index in [1.54, 1.807) is 14.2 Å². The summed E-state index contributed by atoms with van der Waals surface area (Å²) >= 11 is 0. The van der Waals surface area contributed by atoms with Gasteiger partial charge in [0, 0.05) is 7.11 Å². The molecule has 0 heterocycles. The molecule has 0 radical (unpaired) electrons. The number of methoxy groups -OCH3 is 1. The third-order valence-corrected chi connectivity index (χ3v) is 0.946. The molecule has 0 fully saturated rings. The zero-order valence-corrected chi connectivity index (χ0v) is 5.89. The fraction of sp³-hybridized carbons (Fsp3) is 0.667. The average molecular weight is 130 g/mol. The number of amides is 1. The Bertz CT molecular complexity index is 120. The zero-order valence-electron chi connectivity index (χ0n) is 5.89. The lowest BCUT2D eigenvalue weighted by atomic mass is 10.4. The maximum atomic E-state index is 10.7. The van der Waals surface area contributed by atoms with Gasteiger partial charge in [-0.05, 0) is 0 Å². The molecule has 0 aromatic rings. The van der Waals surface area contributed by atoms with Gasteiger partial charge in [-0.15, -0.1) is 0 Å². The Hall–Kier alpha value is -0.700. The van der Waals surface area contributed by atoms with Crippen molar-refractivity contribution < 1.29 is 14.1 Å². The van der Waals surface area contributed by atoms with E-state index >= 15 is 0 Å². The lowest BCUT2D eigenvalue weighted by Gasteiger charge is -1.91. The second-order valence-corrected chi connectivity index (χ2v) is 1.83. The second-order valence-electron chi connectivity index (χ2n) is 1.83. The van der Waals surface area contributed by atoms with Crippen molar-refractivity contribution in [3.05, 3.63) is 0 Å². The molecule has 0 rings (SSSR count). The van der Waals surface area contributed by atoms with Gasteiger partial charge in [-0.3, -0.25) is 0 Å². The van der Waals surface area contributed by atoms with Crippen LogP contribution in [-0.2, 0) is 9.53 Å². The molecular weight excluding hydrogens is 118 g/mol. The summed E-state index contributed by atoms with van der Waals surface area (Å²) in [7, 11) is 3.19. The first-order valence-electron chi connectivity index (χ1n) is 2.74.